The van der Waals surface area contributed by atoms with E-state index < -0.39 is 0 Å². The first-order valence-electron chi connectivity index (χ1n) is 6.59. The monoisotopic (exact) mass is 226 g/mol. The zero-order chi connectivity index (χ0) is 12.2. The Morgan fingerprint density at radius 3 is 2.12 bits per heavy atom. The third-order valence-electron chi connectivity index (χ3n) is 2.65. The Morgan fingerprint density at radius 2 is 1.69 bits per heavy atom. The molecule has 0 amide bonds. The van der Waals surface area contributed by atoms with Gasteiger partial charge in [0.15, 0.2) is 0 Å². The van der Waals surface area contributed by atoms with Crippen LogP contribution in [0, 0.1) is 5.92 Å². The number of rotatable bonds is 9. The lowest BCUT2D eigenvalue weighted by molar-refractivity contribution is -0.137. The first-order valence-corrected chi connectivity index (χ1v) is 6.59. The van der Waals surface area contributed by atoms with Crippen molar-refractivity contribution < 1.29 is 9.53 Å². The van der Waals surface area contributed by atoms with E-state index >= 15 is 0 Å². The lowest BCUT2D eigenvalue weighted by Crippen LogP contribution is -2.02. The minimum Gasteiger partial charge on any atom is -0.463 e. The van der Waals surface area contributed by atoms with Crippen LogP contribution in [0.5, 0.6) is 0 Å². The normalized spacial score (nSPS) is 11.2. The molecule has 0 rings (SSSR count). The van der Waals surface area contributed by atoms with E-state index in [1.807, 2.05) is 13.0 Å². The lowest BCUT2D eigenvalue weighted by Gasteiger charge is -2.11. The third kappa shape index (κ3) is 8.51. The van der Waals surface area contributed by atoms with Gasteiger partial charge in [0, 0.05) is 6.08 Å². The van der Waals surface area contributed by atoms with E-state index in [-0.39, 0.29) is 5.97 Å². The number of esters is 1. The molecule has 0 aromatic carbocycles. The molecule has 0 saturated heterocycles. The van der Waals surface area contributed by atoms with Crippen LogP contribution in [0.25, 0.3) is 0 Å². The summed E-state index contributed by atoms with van der Waals surface area (Å²) in [4.78, 5) is 11.2. The second-order valence-electron chi connectivity index (χ2n) is 4.16. The zero-order valence-electron chi connectivity index (χ0n) is 11.0. The highest BCUT2D eigenvalue weighted by Crippen LogP contribution is 2.17. The summed E-state index contributed by atoms with van der Waals surface area (Å²) in [5.41, 5.74) is 0. The molecule has 94 valence electrons. The largest absolute Gasteiger partial charge is 0.463 e. The van der Waals surface area contributed by atoms with Crippen LogP contribution in [0.15, 0.2) is 12.2 Å². The fraction of sp³-hybridized carbons (Fsp3) is 0.786. The molecule has 0 aliphatic rings. The van der Waals surface area contributed by atoms with E-state index in [4.69, 9.17) is 4.74 Å². The van der Waals surface area contributed by atoms with Crippen molar-refractivity contribution in [1.82, 2.24) is 0 Å². The maximum Gasteiger partial charge on any atom is 0.330 e. The van der Waals surface area contributed by atoms with Gasteiger partial charge < -0.3 is 4.74 Å². The number of carbonyl (C=O) groups excluding carboxylic acids is 1. The first kappa shape index (κ1) is 15.2. The molecule has 0 atom stereocenters. The number of ether oxygens (including phenoxy) is 1. The van der Waals surface area contributed by atoms with Gasteiger partial charge in [-0.2, -0.15) is 0 Å². The molecule has 0 heterocycles. The van der Waals surface area contributed by atoms with Gasteiger partial charge in [0.1, 0.15) is 0 Å². The van der Waals surface area contributed by atoms with Crippen molar-refractivity contribution in [3.63, 3.8) is 0 Å². The minimum absolute atomic E-state index is 0.208. The zero-order valence-corrected chi connectivity index (χ0v) is 11.0. The van der Waals surface area contributed by atoms with Crippen molar-refractivity contribution in [3.8, 4) is 0 Å². The Morgan fingerprint density at radius 1 is 1.12 bits per heavy atom. The predicted octanol–water partition coefficient (Wildman–Crippen LogP) is 4.10. The molecule has 0 radical (unpaired) electrons. The molecule has 16 heavy (non-hydrogen) atoms. The van der Waals surface area contributed by atoms with Gasteiger partial charge in [-0.15, -0.1) is 0 Å². The van der Waals surface area contributed by atoms with Crippen LogP contribution in [0.2, 0.25) is 0 Å². The highest BCUT2D eigenvalue weighted by atomic mass is 16.5. The maximum atomic E-state index is 11.2. The SMILES string of the molecule is CCCCC(/C=C/C(=O)OCC)CCCC. The van der Waals surface area contributed by atoms with Gasteiger partial charge in [-0.05, 0) is 25.7 Å². The second kappa shape index (κ2) is 10.7. The summed E-state index contributed by atoms with van der Waals surface area (Å²) < 4.78 is 4.88. The van der Waals surface area contributed by atoms with Gasteiger partial charge in [-0.1, -0.05) is 45.6 Å². The Labute approximate surface area is 100 Å². The standard InChI is InChI=1S/C14H26O2/c1-4-7-9-13(10-8-5-2)11-12-14(15)16-6-3/h11-13H,4-10H2,1-3H3/b12-11+. The van der Waals surface area contributed by atoms with Gasteiger partial charge >= 0.3 is 5.97 Å². The molecular weight excluding hydrogens is 200 g/mol. The van der Waals surface area contributed by atoms with Crippen molar-refractivity contribution >= 4 is 5.97 Å². The molecular formula is C14H26O2. The Bertz CT molecular complexity index is 189. The van der Waals surface area contributed by atoms with Gasteiger partial charge in [0.25, 0.3) is 0 Å². The first-order chi connectivity index (χ1) is 7.74. The number of allylic oxidation sites excluding steroid dienone is 1. The van der Waals surface area contributed by atoms with Gasteiger partial charge in [-0.3, -0.25) is 0 Å². The average Bonchev–Trinajstić information content (AvgIpc) is 2.28. The van der Waals surface area contributed by atoms with Gasteiger partial charge in [0.05, 0.1) is 6.61 Å². The molecule has 0 aromatic heterocycles. The Balaban J connectivity index is 4.01. The van der Waals surface area contributed by atoms with Crippen molar-refractivity contribution in [2.45, 2.75) is 59.3 Å². The summed E-state index contributed by atoms with van der Waals surface area (Å²) in [7, 11) is 0. The van der Waals surface area contributed by atoms with Gasteiger partial charge in [-0.25, -0.2) is 4.79 Å². The highest BCUT2D eigenvalue weighted by molar-refractivity contribution is 5.81. The average molecular weight is 226 g/mol. The Hall–Kier alpha value is -0.790. The predicted molar refractivity (Wildman–Crippen MR) is 68.3 cm³/mol. The Kier molecular flexibility index (Phi) is 10.2. The maximum absolute atomic E-state index is 11.2. The minimum atomic E-state index is -0.208. The summed E-state index contributed by atoms with van der Waals surface area (Å²) in [6, 6.07) is 0. The summed E-state index contributed by atoms with van der Waals surface area (Å²) in [5.74, 6) is 0.338. The molecule has 0 unspecified atom stereocenters. The molecule has 0 fully saturated rings. The van der Waals surface area contributed by atoms with E-state index in [1.165, 1.54) is 38.5 Å². The fourth-order valence-electron chi connectivity index (χ4n) is 1.67. The van der Waals surface area contributed by atoms with Crippen LogP contribution in [0.3, 0.4) is 0 Å². The molecule has 0 aromatic rings. The highest BCUT2D eigenvalue weighted by Gasteiger charge is 2.04. The molecule has 0 bridgehead atoms. The topological polar surface area (TPSA) is 26.3 Å². The van der Waals surface area contributed by atoms with Crippen LogP contribution >= 0.6 is 0 Å². The van der Waals surface area contributed by atoms with Crippen molar-refractivity contribution in [2.24, 2.45) is 5.92 Å². The molecule has 0 saturated carbocycles. The summed E-state index contributed by atoms with van der Waals surface area (Å²) in [6.45, 7) is 6.69. The van der Waals surface area contributed by atoms with Crippen LogP contribution < -0.4 is 0 Å². The van der Waals surface area contributed by atoms with E-state index in [0.29, 0.717) is 12.5 Å². The van der Waals surface area contributed by atoms with Crippen molar-refractivity contribution in [3.05, 3.63) is 12.2 Å². The van der Waals surface area contributed by atoms with E-state index in [1.54, 1.807) is 6.08 Å². The fourth-order valence-corrected chi connectivity index (χ4v) is 1.67. The number of unbranched alkanes of at least 4 members (excludes halogenated alkanes) is 2. The van der Waals surface area contributed by atoms with Crippen LogP contribution in [-0.4, -0.2) is 12.6 Å². The van der Waals surface area contributed by atoms with Crippen LogP contribution in [0.4, 0.5) is 0 Å². The van der Waals surface area contributed by atoms with Crippen molar-refractivity contribution in [1.29, 1.82) is 0 Å². The smallest absolute Gasteiger partial charge is 0.330 e. The summed E-state index contributed by atoms with van der Waals surface area (Å²) in [6.07, 6.45) is 10.9. The number of hydrogen-bond acceptors (Lipinski definition) is 2. The van der Waals surface area contributed by atoms with Gasteiger partial charge in [0.2, 0.25) is 0 Å². The van der Waals surface area contributed by atoms with E-state index in [2.05, 4.69) is 13.8 Å². The summed E-state index contributed by atoms with van der Waals surface area (Å²) in [5, 5.41) is 0. The number of carbonyl (C=O) groups is 1. The molecule has 2 nitrogen and oxygen atoms in total. The summed E-state index contributed by atoms with van der Waals surface area (Å²) >= 11 is 0. The molecule has 2 heteroatoms. The molecule has 0 spiro atoms. The van der Waals surface area contributed by atoms with Crippen molar-refractivity contribution in [2.75, 3.05) is 6.61 Å². The third-order valence-corrected chi connectivity index (χ3v) is 2.65. The van der Waals surface area contributed by atoms with E-state index in [0.717, 1.165) is 0 Å². The quantitative estimate of drug-likeness (QED) is 0.437. The lowest BCUT2D eigenvalue weighted by atomic mass is 9.95. The van der Waals surface area contributed by atoms with Crippen LogP contribution in [0.1, 0.15) is 59.3 Å². The van der Waals surface area contributed by atoms with Crippen LogP contribution in [-0.2, 0) is 9.53 Å². The molecule has 0 N–H and O–H groups in total. The molecule has 0 aliphatic carbocycles. The molecule has 0 aliphatic heterocycles. The van der Waals surface area contributed by atoms with E-state index in [9.17, 15) is 4.79 Å². The second-order valence-corrected chi connectivity index (χ2v) is 4.16. The number of hydrogen-bond donors (Lipinski definition) is 0.